The van der Waals surface area contributed by atoms with Crippen LogP contribution in [0.25, 0.3) is 0 Å². The minimum Gasteiger partial charge on any atom is -0.296 e. The van der Waals surface area contributed by atoms with Crippen LogP contribution in [0.5, 0.6) is 0 Å². The molecule has 1 fully saturated rings. The lowest BCUT2D eigenvalue weighted by Gasteiger charge is -2.23. The van der Waals surface area contributed by atoms with Crippen molar-refractivity contribution in [2.45, 2.75) is 45.7 Å². The maximum atomic E-state index is 13.2. The van der Waals surface area contributed by atoms with Crippen LogP contribution in [0.3, 0.4) is 0 Å². The van der Waals surface area contributed by atoms with E-state index in [9.17, 15) is 4.39 Å². The van der Waals surface area contributed by atoms with Gasteiger partial charge in [-0.15, -0.1) is 0 Å². The summed E-state index contributed by atoms with van der Waals surface area (Å²) >= 11 is 3.26. The third kappa shape index (κ3) is 4.06. The molecule has 0 aromatic heterocycles. The van der Waals surface area contributed by atoms with Gasteiger partial charge in [0.25, 0.3) is 0 Å². The van der Waals surface area contributed by atoms with Crippen LogP contribution in [0, 0.1) is 11.7 Å². The summed E-state index contributed by atoms with van der Waals surface area (Å²) in [6.07, 6.45) is 3.87. The number of hydrogen-bond donors (Lipinski definition) is 0. The molecule has 1 aromatic rings. The van der Waals surface area contributed by atoms with Crippen LogP contribution < -0.4 is 0 Å². The molecule has 1 aliphatic rings. The van der Waals surface area contributed by atoms with Crippen LogP contribution in [-0.2, 0) is 6.54 Å². The Bertz CT molecular complexity index is 401. The highest BCUT2D eigenvalue weighted by atomic mass is 79.9. The average molecular weight is 314 g/mol. The fourth-order valence-electron chi connectivity index (χ4n) is 2.13. The number of nitrogens with zero attached hydrogens (tertiary/aromatic N) is 1. The molecule has 1 aromatic carbocycles. The van der Waals surface area contributed by atoms with Crippen molar-refractivity contribution in [3.63, 3.8) is 0 Å². The number of benzene rings is 1. The Morgan fingerprint density at radius 2 is 2.11 bits per heavy atom. The van der Waals surface area contributed by atoms with E-state index in [-0.39, 0.29) is 5.82 Å². The smallest absolute Gasteiger partial charge is 0.137 e. The molecule has 1 saturated carbocycles. The third-order valence-corrected chi connectivity index (χ3v) is 4.03. The first-order valence-electron chi connectivity index (χ1n) is 6.74. The third-order valence-electron chi connectivity index (χ3n) is 3.43. The Morgan fingerprint density at radius 3 is 2.67 bits per heavy atom. The molecule has 2 rings (SSSR count). The highest BCUT2D eigenvalue weighted by molar-refractivity contribution is 9.10. The normalized spacial score (nSPS) is 15.7. The predicted octanol–water partition coefficient (Wildman–Crippen LogP) is 4.60. The molecule has 0 aliphatic heterocycles. The van der Waals surface area contributed by atoms with E-state index < -0.39 is 0 Å². The van der Waals surface area contributed by atoms with Crippen molar-refractivity contribution in [1.29, 1.82) is 0 Å². The first kappa shape index (κ1) is 14.0. The van der Waals surface area contributed by atoms with Crippen molar-refractivity contribution in [3.05, 3.63) is 34.1 Å². The van der Waals surface area contributed by atoms with Gasteiger partial charge in [-0.05, 0) is 65.4 Å². The van der Waals surface area contributed by atoms with Crippen LogP contribution in [0.1, 0.15) is 38.7 Å². The Morgan fingerprint density at radius 1 is 1.39 bits per heavy atom. The molecular weight excluding hydrogens is 293 g/mol. The lowest BCUT2D eigenvalue weighted by molar-refractivity contribution is 0.239. The van der Waals surface area contributed by atoms with E-state index in [0.29, 0.717) is 4.47 Å². The second-order valence-corrected chi connectivity index (χ2v) is 6.49. The Kier molecular flexibility index (Phi) is 4.79. The maximum Gasteiger partial charge on any atom is 0.137 e. The van der Waals surface area contributed by atoms with Gasteiger partial charge in [-0.1, -0.05) is 19.9 Å². The second kappa shape index (κ2) is 6.16. The van der Waals surface area contributed by atoms with E-state index in [1.807, 2.05) is 12.1 Å². The number of rotatable bonds is 6. The average Bonchev–Trinajstić information content (AvgIpc) is 3.13. The Balaban J connectivity index is 1.97. The van der Waals surface area contributed by atoms with E-state index in [2.05, 4.69) is 34.7 Å². The van der Waals surface area contributed by atoms with E-state index in [1.165, 1.54) is 24.8 Å². The minimum atomic E-state index is -0.182. The SMILES string of the molecule is CC(C)CCN(Cc1ccc(F)c(Br)c1)C1CC1. The molecule has 0 atom stereocenters. The molecule has 0 amide bonds. The van der Waals surface area contributed by atoms with Crippen LogP contribution in [0.2, 0.25) is 0 Å². The Hall–Kier alpha value is -0.410. The molecule has 3 heteroatoms. The summed E-state index contributed by atoms with van der Waals surface area (Å²) in [5.74, 6) is 0.560. The van der Waals surface area contributed by atoms with Crippen molar-refractivity contribution >= 4 is 15.9 Å². The van der Waals surface area contributed by atoms with Crippen molar-refractivity contribution in [1.82, 2.24) is 4.90 Å². The van der Waals surface area contributed by atoms with Crippen LogP contribution in [0.15, 0.2) is 22.7 Å². The number of hydrogen-bond acceptors (Lipinski definition) is 1. The van der Waals surface area contributed by atoms with Crippen molar-refractivity contribution in [2.24, 2.45) is 5.92 Å². The van der Waals surface area contributed by atoms with Gasteiger partial charge in [0.15, 0.2) is 0 Å². The molecular formula is C15H21BrFN. The molecule has 0 unspecified atom stereocenters. The zero-order valence-electron chi connectivity index (χ0n) is 11.1. The van der Waals surface area contributed by atoms with E-state index in [0.717, 1.165) is 25.0 Å². The van der Waals surface area contributed by atoms with Gasteiger partial charge >= 0.3 is 0 Å². The topological polar surface area (TPSA) is 3.24 Å². The van der Waals surface area contributed by atoms with Crippen molar-refractivity contribution < 1.29 is 4.39 Å². The quantitative estimate of drug-likeness (QED) is 0.742. The lowest BCUT2D eigenvalue weighted by atomic mass is 10.1. The molecule has 0 bridgehead atoms. The van der Waals surface area contributed by atoms with E-state index >= 15 is 0 Å². The van der Waals surface area contributed by atoms with Gasteiger partial charge in [-0.25, -0.2) is 4.39 Å². The molecule has 0 N–H and O–H groups in total. The summed E-state index contributed by atoms with van der Waals surface area (Å²) in [5.41, 5.74) is 1.19. The highest BCUT2D eigenvalue weighted by Crippen LogP contribution is 2.29. The second-order valence-electron chi connectivity index (χ2n) is 5.63. The first-order chi connectivity index (χ1) is 8.56. The summed E-state index contributed by atoms with van der Waals surface area (Å²) in [6, 6.07) is 6.10. The molecule has 1 nitrogen and oxygen atoms in total. The highest BCUT2D eigenvalue weighted by Gasteiger charge is 2.28. The zero-order valence-corrected chi connectivity index (χ0v) is 12.7. The maximum absolute atomic E-state index is 13.2. The summed E-state index contributed by atoms with van der Waals surface area (Å²) in [6.45, 7) is 6.62. The van der Waals surface area contributed by atoms with Crippen LogP contribution >= 0.6 is 15.9 Å². The minimum absolute atomic E-state index is 0.182. The predicted molar refractivity (Wildman–Crippen MR) is 77.0 cm³/mol. The fraction of sp³-hybridized carbons (Fsp3) is 0.600. The molecule has 1 aliphatic carbocycles. The zero-order chi connectivity index (χ0) is 13.1. The first-order valence-corrected chi connectivity index (χ1v) is 7.53. The molecule has 0 spiro atoms. The van der Waals surface area contributed by atoms with Gasteiger partial charge in [0, 0.05) is 12.6 Å². The monoisotopic (exact) mass is 313 g/mol. The lowest BCUT2D eigenvalue weighted by Crippen LogP contribution is -2.27. The summed E-state index contributed by atoms with van der Waals surface area (Å²) in [4.78, 5) is 2.54. The Labute approximate surface area is 118 Å². The standard InChI is InChI=1S/C15H21BrFN/c1-11(2)7-8-18(13-4-5-13)10-12-3-6-15(17)14(16)9-12/h3,6,9,11,13H,4-5,7-8,10H2,1-2H3. The molecule has 0 radical (unpaired) electrons. The van der Waals surface area contributed by atoms with Crippen molar-refractivity contribution in [3.8, 4) is 0 Å². The van der Waals surface area contributed by atoms with E-state index in [1.54, 1.807) is 6.07 Å². The summed E-state index contributed by atoms with van der Waals surface area (Å²) in [5, 5.41) is 0. The van der Waals surface area contributed by atoms with Gasteiger partial charge in [0.2, 0.25) is 0 Å². The summed E-state index contributed by atoms with van der Waals surface area (Å²) in [7, 11) is 0. The number of halogens is 2. The van der Waals surface area contributed by atoms with Crippen LogP contribution in [-0.4, -0.2) is 17.5 Å². The fourth-order valence-corrected chi connectivity index (χ4v) is 2.55. The molecule has 18 heavy (non-hydrogen) atoms. The van der Waals surface area contributed by atoms with Gasteiger partial charge < -0.3 is 0 Å². The van der Waals surface area contributed by atoms with E-state index in [4.69, 9.17) is 0 Å². The van der Waals surface area contributed by atoms with Crippen LogP contribution in [0.4, 0.5) is 4.39 Å². The summed E-state index contributed by atoms with van der Waals surface area (Å²) < 4.78 is 13.8. The molecule has 0 saturated heterocycles. The van der Waals surface area contributed by atoms with Gasteiger partial charge in [0.05, 0.1) is 4.47 Å². The van der Waals surface area contributed by atoms with Gasteiger partial charge in [0.1, 0.15) is 5.82 Å². The molecule has 0 heterocycles. The van der Waals surface area contributed by atoms with Gasteiger partial charge in [-0.3, -0.25) is 4.90 Å². The van der Waals surface area contributed by atoms with Crippen molar-refractivity contribution in [2.75, 3.05) is 6.54 Å². The van der Waals surface area contributed by atoms with Gasteiger partial charge in [-0.2, -0.15) is 0 Å². The molecule has 100 valence electrons. The largest absolute Gasteiger partial charge is 0.296 e.